The number of phenolic OH excluding ortho intramolecular Hbond substituents is 1. The van der Waals surface area contributed by atoms with Gasteiger partial charge in [-0.1, -0.05) is 94.8 Å². The van der Waals surface area contributed by atoms with Crippen molar-refractivity contribution in [3.63, 3.8) is 0 Å². The molecule has 4 aromatic rings. The van der Waals surface area contributed by atoms with E-state index in [0.717, 1.165) is 0 Å². The molecular weight excluding hydrogens is 1090 g/mol. The first-order valence-electron chi connectivity index (χ1n) is 27.9. The zero-order chi connectivity index (χ0) is 62.2. The van der Waals surface area contributed by atoms with Crippen molar-refractivity contribution in [2.45, 2.75) is 153 Å². The van der Waals surface area contributed by atoms with Gasteiger partial charge in [0.25, 0.3) is 0 Å². The first kappa shape index (κ1) is 68.0. The summed E-state index contributed by atoms with van der Waals surface area (Å²) in [4.78, 5) is 139. The van der Waals surface area contributed by atoms with Gasteiger partial charge in [0.1, 0.15) is 54.1 Å². The summed E-state index contributed by atoms with van der Waals surface area (Å²) in [6, 6.07) is 7.60. The number of carbonyl (C=O) groups excluding carboxylic acids is 8. The third-order valence-electron chi connectivity index (χ3n) is 14.1. The number of hydrogen-bond donors (Lipinski definition) is 16. The predicted molar refractivity (Wildman–Crippen MR) is 308 cm³/mol. The number of H-pyrrole nitrogens is 1. The lowest BCUT2D eigenvalue weighted by atomic mass is 9.96. The Morgan fingerprint density at radius 1 is 0.548 bits per heavy atom. The molecule has 0 bridgehead atoms. The Morgan fingerprint density at radius 3 is 1.60 bits per heavy atom. The fourth-order valence-corrected chi connectivity index (χ4v) is 8.96. The maximum Gasteiger partial charge on any atom is 0.326 e. The second-order valence-corrected chi connectivity index (χ2v) is 21.1. The maximum absolute atomic E-state index is 14.6. The van der Waals surface area contributed by atoms with Crippen LogP contribution in [0.4, 0.5) is 0 Å². The summed E-state index contributed by atoms with van der Waals surface area (Å²) in [6.45, 7) is 7.00. The van der Waals surface area contributed by atoms with Gasteiger partial charge in [-0.05, 0) is 85.9 Å². The highest BCUT2D eigenvalue weighted by Gasteiger charge is 2.37. The summed E-state index contributed by atoms with van der Waals surface area (Å²) in [5.41, 5.74) is 13.8. The van der Waals surface area contributed by atoms with E-state index in [0.29, 0.717) is 46.9 Å². The van der Waals surface area contributed by atoms with Crippen LogP contribution in [0.3, 0.4) is 0 Å². The molecule has 1 aromatic heterocycles. The lowest BCUT2D eigenvalue weighted by Crippen LogP contribution is -2.63. The number of rotatable bonds is 35. The van der Waals surface area contributed by atoms with Crippen LogP contribution < -0.4 is 54.0 Å². The quantitative estimate of drug-likeness (QED) is 0.0252. The molecule has 0 saturated carbocycles. The van der Waals surface area contributed by atoms with Gasteiger partial charge < -0.3 is 84.5 Å². The van der Waals surface area contributed by atoms with E-state index >= 15 is 0 Å². The molecule has 0 saturated heterocycles. The molecule has 8 amide bonds. The molecule has 26 nitrogen and oxygen atoms in total. The molecule has 0 fully saturated rings. The summed E-state index contributed by atoms with van der Waals surface area (Å²) < 4.78 is 0. The minimum atomic E-state index is -1.82. The number of aromatic nitrogens is 1. The summed E-state index contributed by atoms with van der Waals surface area (Å²) >= 11 is 0. The molecule has 0 aliphatic carbocycles. The smallest absolute Gasteiger partial charge is 0.326 e. The van der Waals surface area contributed by atoms with E-state index in [4.69, 9.17) is 16.6 Å². The number of aromatic hydroxyl groups is 1. The Kier molecular flexibility index (Phi) is 27.2. The van der Waals surface area contributed by atoms with E-state index in [-0.39, 0.29) is 44.4 Å². The lowest BCUT2D eigenvalue weighted by Gasteiger charge is -2.29. The largest absolute Gasteiger partial charge is 0.508 e. The van der Waals surface area contributed by atoms with Crippen LogP contribution in [-0.2, 0) is 67.2 Å². The molecule has 0 aliphatic heterocycles. The molecule has 0 aliphatic rings. The van der Waals surface area contributed by atoms with Crippen LogP contribution in [0.2, 0.25) is 0 Å². The molecule has 0 radical (unpaired) electrons. The number of aliphatic carboxylic acids is 2. The second kappa shape index (κ2) is 33.6. The predicted octanol–water partition coefficient (Wildman–Crippen LogP) is -0.739. The number of amides is 8. The van der Waals surface area contributed by atoms with Gasteiger partial charge in [0.05, 0.1) is 18.8 Å². The number of aromatic amines is 1. The fraction of sp³-hybridized carbons (Fsp3) is 0.483. The van der Waals surface area contributed by atoms with Crippen molar-refractivity contribution in [3.8, 4) is 5.75 Å². The molecule has 18 N–H and O–H groups in total. The van der Waals surface area contributed by atoms with Crippen LogP contribution in [-0.4, -0.2) is 163 Å². The normalized spacial score (nSPS) is 15.2. The Labute approximate surface area is 486 Å². The molecule has 26 heteroatoms. The second-order valence-electron chi connectivity index (χ2n) is 21.1. The third-order valence-corrected chi connectivity index (χ3v) is 14.1. The number of unbranched alkanes of at least 4 members (excludes halogenated alkanes) is 1. The Morgan fingerprint density at radius 2 is 1.04 bits per heavy atom. The Bertz CT molecular complexity index is 2870. The minimum absolute atomic E-state index is 0.0280. The van der Waals surface area contributed by atoms with Crippen LogP contribution in [0.15, 0.2) is 85.1 Å². The highest BCUT2D eigenvalue weighted by Crippen LogP contribution is 2.21. The number of para-hydroxylation sites is 1. The molecule has 3 aromatic carbocycles. The van der Waals surface area contributed by atoms with Gasteiger partial charge in [-0.3, -0.25) is 43.2 Å². The number of benzene rings is 3. The first-order valence-corrected chi connectivity index (χ1v) is 27.9. The van der Waals surface area contributed by atoms with E-state index in [9.17, 15) is 68.4 Å². The first-order chi connectivity index (χ1) is 39.9. The number of aliphatic hydroxyl groups excluding tert-OH is 2. The Hall–Kier alpha value is -8.46. The number of aliphatic hydroxyl groups is 2. The number of fused-ring (bicyclic) bond motifs is 1. The van der Waals surface area contributed by atoms with Crippen molar-refractivity contribution in [1.29, 1.82) is 0 Å². The van der Waals surface area contributed by atoms with Crippen molar-refractivity contribution in [2.75, 3.05) is 13.2 Å². The van der Waals surface area contributed by atoms with E-state index in [1.807, 2.05) is 0 Å². The average Bonchev–Trinajstić information content (AvgIpc) is 3.95. The lowest BCUT2D eigenvalue weighted by molar-refractivity contribution is -0.143. The number of nitrogens with two attached hydrogens (primary N) is 2. The van der Waals surface area contributed by atoms with Gasteiger partial charge in [0.15, 0.2) is 0 Å². The van der Waals surface area contributed by atoms with Gasteiger partial charge in [0, 0.05) is 42.8 Å². The summed E-state index contributed by atoms with van der Waals surface area (Å²) in [7, 11) is 0. The zero-order valence-corrected chi connectivity index (χ0v) is 47.8. The van der Waals surface area contributed by atoms with Crippen molar-refractivity contribution in [3.05, 3.63) is 102 Å². The Balaban J connectivity index is 1.63. The van der Waals surface area contributed by atoms with Crippen molar-refractivity contribution >= 4 is 70.1 Å². The third kappa shape index (κ3) is 21.1. The van der Waals surface area contributed by atoms with Crippen LogP contribution >= 0.6 is 0 Å². The number of carbonyl (C=O) groups is 10. The maximum atomic E-state index is 14.6. The highest BCUT2D eigenvalue weighted by molar-refractivity contribution is 5.99. The van der Waals surface area contributed by atoms with E-state index in [1.165, 1.54) is 31.2 Å². The van der Waals surface area contributed by atoms with Gasteiger partial charge in [-0.25, -0.2) is 4.79 Å². The van der Waals surface area contributed by atoms with Crippen LogP contribution in [0, 0.1) is 11.8 Å². The molecule has 4 rings (SSSR count). The summed E-state index contributed by atoms with van der Waals surface area (Å²) in [5, 5.41) is 71.6. The number of phenols is 1. The van der Waals surface area contributed by atoms with Crippen LogP contribution in [0.25, 0.3) is 10.9 Å². The van der Waals surface area contributed by atoms with E-state index in [1.54, 1.807) is 88.5 Å². The molecule has 458 valence electrons. The molecule has 0 spiro atoms. The van der Waals surface area contributed by atoms with Gasteiger partial charge in [-0.2, -0.15) is 0 Å². The van der Waals surface area contributed by atoms with Gasteiger partial charge >= 0.3 is 11.9 Å². The molecule has 1 heterocycles. The van der Waals surface area contributed by atoms with Crippen molar-refractivity contribution in [1.82, 2.24) is 47.5 Å². The molecular formula is C58H81N11O15. The summed E-state index contributed by atoms with van der Waals surface area (Å²) in [5.74, 6) is -11.2. The van der Waals surface area contributed by atoms with Crippen LogP contribution in [0.1, 0.15) is 89.8 Å². The molecule has 84 heavy (non-hydrogen) atoms. The average molecular weight is 1170 g/mol. The fourth-order valence-electron chi connectivity index (χ4n) is 8.96. The minimum Gasteiger partial charge on any atom is -0.508 e. The van der Waals surface area contributed by atoms with Crippen molar-refractivity contribution < 1.29 is 73.5 Å². The number of nitrogens with one attached hydrogen (secondary N) is 9. The number of carboxylic acids is 2. The van der Waals surface area contributed by atoms with Crippen molar-refractivity contribution in [2.24, 2.45) is 23.3 Å². The van der Waals surface area contributed by atoms with E-state index < -0.39 is 145 Å². The standard InChI is InChI=1S/C58H81N11O15/c1-6-32(4)48(68-50(75)39(60)23-24-46(73)74)56(81)65-44(28-36-29-61-40-17-11-10-16-38(36)40)54(79)69-49(33(5)71)57(82)64-43(26-34-14-8-7-9-15-34)53(78)66-45(30-70)55(80)63-42(27-35-19-21-37(72)22-20-35)52(77)62-41(18-12-13-25-59)51(76)67-47(31(2)3)58(83)84/h7-11,14-17,19-22,29,31-33,39,41-45,47-49,61,70-72H,6,12-13,18,23-28,30,59-60H2,1-5H3,(H,62,77)(H,63,80)(H,64,82)(H,65,81)(H,66,78)(H,67,76)(H,68,75)(H,69,79)(H,73,74)(H,83,84)/t32-,33+,39-,41-,42-,43-,44-,45-,47-,48-,49-/m0/s1. The SMILES string of the molecule is CC[C@H](C)[C@H](NC(=O)[C@@H](N)CCC(=O)O)C(=O)N[C@@H](Cc1c[nH]c2ccccc12)C(=O)N[C@H](C(=O)N[C@@H](Cc1ccccc1)C(=O)N[C@@H](CO)C(=O)N[C@@H](Cc1ccc(O)cc1)C(=O)N[C@@H](CCCCN)C(=O)N[C@H](C(=O)O)C(C)C)[C@@H](C)O. The monoisotopic (exact) mass is 1170 g/mol. The molecule has 11 atom stereocenters. The highest BCUT2D eigenvalue weighted by atomic mass is 16.4. The topological polar surface area (TPSA) is 436 Å². The number of carboxylic acid groups (broad SMARTS) is 2. The number of hydrogen-bond acceptors (Lipinski definition) is 15. The van der Waals surface area contributed by atoms with Crippen LogP contribution in [0.5, 0.6) is 5.75 Å². The summed E-state index contributed by atoms with van der Waals surface area (Å²) in [6.07, 6.45) is -0.180. The zero-order valence-electron chi connectivity index (χ0n) is 47.8. The molecule has 0 unspecified atom stereocenters. The van der Waals surface area contributed by atoms with Gasteiger partial charge in [-0.15, -0.1) is 0 Å². The van der Waals surface area contributed by atoms with E-state index in [2.05, 4.69) is 47.5 Å². The van der Waals surface area contributed by atoms with Gasteiger partial charge in [0.2, 0.25) is 47.3 Å².